The van der Waals surface area contributed by atoms with Crippen molar-refractivity contribution in [1.82, 2.24) is 5.32 Å². The molecule has 1 saturated heterocycles. The highest BCUT2D eigenvalue weighted by atomic mass is 16.5. The van der Waals surface area contributed by atoms with Crippen molar-refractivity contribution in [1.29, 1.82) is 0 Å². The summed E-state index contributed by atoms with van der Waals surface area (Å²) >= 11 is 0. The van der Waals surface area contributed by atoms with Gasteiger partial charge in [-0.1, -0.05) is 39.0 Å². The molecule has 1 N–H and O–H groups in total. The highest BCUT2D eigenvalue weighted by Crippen LogP contribution is 2.28. The van der Waals surface area contributed by atoms with Crippen LogP contribution in [0.4, 0.5) is 0 Å². The Morgan fingerprint density at radius 1 is 1.24 bits per heavy atom. The van der Waals surface area contributed by atoms with E-state index < -0.39 is 0 Å². The molecule has 2 atom stereocenters. The number of benzene rings is 1. The molecule has 1 heterocycles. The molecule has 0 aromatic heterocycles. The second-order valence-corrected chi connectivity index (χ2v) is 6.12. The maximum atomic E-state index is 5.87. The van der Waals surface area contributed by atoms with Crippen molar-refractivity contribution in [3.05, 3.63) is 34.9 Å². The lowest BCUT2D eigenvalue weighted by molar-refractivity contribution is 0.0945. The Bertz CT molecular complexity index is 424. The van der Waals surface area contributed by atoms with E-state index in [-0.39, 0.29) is 0 Å². The summed E-state index contributed by atoms with van der Waals surface area (Å²) in [5.74, 6) is 0. The lowest BCUT2D eigenvalue weighted by atomic mass is 9.91. The van der Waals surface area contributed by atoms with Gasteiger partial charge in [-0.15, -0.1) is 0 Å². The van der Waals surface area contributed by atoms with Crippen molar-refractivity contribution < 1.29 is 4.74 Å². The standard InChI is InChI=1S/C19H31NO/c1-4-11-20-19(14-17-8-7-12-21-17)18-13-15(5-2)9-10-16(18)6-3/h9-10,13,17,19-20H,4-8,11-12,14H2,1-3H3. The van der Waals surface area contributed by atoms with Gasteiger partial charge in [-0.05, 0) is 61.8 Å². The summed E-state index contributed by atoms with van der Waals surface area (Å²) in [6.45, 7) is 8.75. The van der Waals surface area contributed by atoms with Crippen molar-refractivity contribution in [2.75, 3.05) is 13.2 Å². The van der Waals surface area contributed by atoms with Gasteiger partial charge < -0.3 is 10.1 Å². The molecule has 21 heavy (non-hydrogen) atoms. The van der Waals surface area contributed by atoms with Gasteiger partial charge in [-0.3, -0.25) is 0 Å². The van der Waals surface area contributed by atoms with E-state index in [1.807, 2.05) is 0 Å². The van der Waals surface area contributed by atoms with Gasteiger partial charge in [0.25, 0.3) is 0 Å². The third-order valence-electron chi connectivity index (χ3n) is 4.54. The molecule has 0 bridgehead atoms. The van der Waals surface area contributed by atoms with Gasteiger partial charge in [-0.2, -0.15) is 0 Å². The third kappa shape index (κ3) is 4.55. The predicted octanol–water partition coefficient (Wildman–Crippen LogP) is 4.42. The molecular weight excluding hydrogens is 258 g/mol. The molecule has 0 amide bonds. The van der Waals surface area contributed by atoms with Gasteiger partial charge in [-0.25, -0.2) is 0 Å². The molecule has 1 aromatic rings. The lowest BCUT2D eigenvalue weighted by Crippen LogP contribution is -2.27. The molecule has 0 radical (unpaired) electrons. The summed E-state index contributed by atoms with van der Waals surface area (Å²) in [5.41, 5.74) is 4.43. The molecule has 0 saturated carbocycles. The van der Waals surface area contributed by atoms with Crippen LogP contribution in [0.2, 0.25) is 0 Å². The van der Waals surface area contributed by atoms with Crippen molar-refractivity contribution in [3.63, 3.8) is 0 Å². The van der Waals surface area contributed by atoms with Gasteiger partial charge in [0, 0.05) is 12.6 Å². The Labute approximate surface area is 130 Å². The van der Waals surface area contributed by atoms with E-state index in [0.717, 1.165) is 32.4 Å². The Kier molecular flexibility index (Phi) is 6.72. The molecular formula is C19H31NO. The zero-order valence-electron chi connectivity index (χ0n) is 14.0. The van der Waals surface area contributed by atoms with E-state index in [1.165, 1.54) is 36.0 Å². The Morgan fingerprint density at radius 2 is 2.10 bits per heavy atom. The van der Waals surface area contributed by atoms with Crippen molar-refractivity contribution in [2.24, 2.45) is 0 Å². The number of ether oxygens (including phenoxy) is 1. The average Bonchev–Trinajstić information content (AvgIpc) is 3.03. The van der Waals surface area contributed by atoms with Crippen LogP contribution < -0.4 is 5.32 Å². The number of nitrogens with one attached hydrogen (secondary N) is 1. The first-order valence-electron chi connectivity index (χ1n) is 8.75. The molecule has 2 unspecified atom stereocenters. The molecule has 1 aromatic carbocycles. The van der Waals surface area contributed by atoms with Crippen LogP contribution in [0, 0.1) is 0 Å². The molecule has 1 fully saturated rings. The van der Waals surface area contributed by atoms with E-state index in [4.69, 9.17) is 4.74 Å². The highest BCUT2D eigenvalue weighted by Gasteiger charge is 2.23. The lowest BCUT2D eigenvalue weighted by Gasteiger charge is -2.25. The van der Waals surface area contributed by atoms with Crippen LogP contribution in [0.3, 0.4) is 0 Å². The number of aryl methyl sites for hydroxylation is 2. The quantitative estimate of drug-likeness (QED) is 0.765. The van der Waals surface area contributed by atoms with Gasteiger partial charge in [0.1, 0.15) is 0 Å². The van der Waals surface area contributed by atoms with Crippen molar-refractivity contribution in [2.45, 2.75) is 71.4 Å². The SMILES string of the molecule is CCCNC(CC1CCCO1)c1cc(CC)ccc1CC. The van der Waals surface area contributed by atoms with Crippen LogP contribution in [0.5, 0.6) is 0 Å². The minimum atomic E-state index is 0.439. The Hall–Kier alpha value is -0.860. The number of hydrogen-bond acceptors (Lipinski definition) is 2. The largest absolute Gasteiger partial charge is 0.378 e. The van der Waals surface area contributed by atoms with Crippen LogP contribution in [-0.2, 0) is 17.6 Å². The molecule has 1 aliphatic heterocycles. The van der Waals surface area contributed by atoms with Gasteiger partial charge in [0.15, 0.2) is 0 Å². The van der Waals surface area contributed by atoms with Crippen LogP contribution in [-0.4, -0.2) is 19.3 Å². The minimum Gasteiger partial charge on any atom is -0.378 e. The molecule has 1 aliphatic rings. The second kappa shape index (κ2) is 8.55. The van der Waals surface area contributed by atoms with E-state index >= 15 is 0 Å². The fourth-order valence-electron chi connectivity index (χ4n) is 3.24. The first kappa shape index (κ1) is 16.5. The Morgan fingerprint density at radius 3 is 2.71 bits per heavy atom. The predicted molar refractivity (Wildman–Crippen MR) is 89.8 cm³/mol. The van der Waals surface area contributed by atoms with Crippen LogP contribution in [0.25, 0.3) is 0 Å². The summed E-state index contributed by atoms with van der Waals surface area (Å²) in [6.07, 6.45) is 7.39. The van der Waals surface area contributed by atoms with E-state index in [9.17, 15) is 0 Å². The zero-order chi connectivity index (χ0) is 15.1. The normalized spacial score (nSPS) is 19.9. The fourth-order valence-corrected chi connectivity index (χ4v) is 3.24. The summed E-state index contributed by atoms with van der Waals surface area (Å²) in [6, 6.07) is 7.46. The van der Waals surface area contributed by atoms with Gasteiger partial charge in [0.05, 0.1) is 6.10 Å². The molecule has 0 aliphatic carbocycles. The van der Waals surface area contributed by atoms with Crippen molar-refractivity contribution >= 4 is 0 Å². The van der Waals surface area contributed by atoms with E-state index in [1.54, 1.807) is 0 Å². The fraction of sp³-hybridized carbons (Fsp3) is 0.684. The minimum absolute atomic E-state index is 0.439. The van der Waals surface area contributed by atoms with Gasteiger partial charge >= 0.3 is 0 Å². The molecule has 0 spiro atoms. The van der Waals surface area contributed by atoms with Crippen LogP contribution in [0.1, 0.15) is 69.2 Å². The summed E-state index contributed by atoms with van der Waals surface area (Å²) < 4.78 is 5.87. The smallest absolute Gasteiger partial charge is 0.0594 e. The first-order valence-corrected chi connectivity index (χ1v) is 8.75. The van der Waals surface area contributed by atoms with Gasteiger partial charge in [0.2, 0.25) is 0 Å². The number of hydrogen-bond donors (Lipinski definition) is 1. The molecule has 118 valence electrons. The van der Waals surface area contributed by atoms with E-state index in [0.29, 0.717) is 12.1 Å². The van der Waals surface area contributed by atoms with Crippen LogP contribution >= 0.6 is 0 Å². The number of rotatable bonds is 8. The summed E-state index contributed by atoms with van der Waals surface area (Å²) in [4.78, 5) is 0. The maximum Gasteiger partial charge on any atom is 0.0594 e. The molecule has 2 rings (SSSR count). The van der Waals surface area contributed by atoms with E-state index in [2.05, 4.69) is 44.3 Å². The average molecular weight is 289 g/mol. The zero-order valence-corrected chi connectivity index (χ0v) is 14.0. The summed E-state index contributed by atoms with van der Waals surface area (Å²) in [5, 5.41) is 3.76. The highest BCUT2D eigenvalue weighted by molar-refractivity contribution is 5.35. The first-order chi connectivity index (χ1) is 10.3. The monoisotopic (exact) mass is 289 g/mol. The summed E-state index contributed by atoms with van der Waals surface area (Å²) in [7, 11) is 0. The topological polar surface area (TPSA) is 21.3 Å². The molecule has 2 nitrogen and oxygen atoms in total. The maximum absolute atomic E-state index is 5.87. The van der Waals surface area contributed by atoms with Crippen LogP contribution in [0.15, 0.2) is 18.2 Å². The van der Waals surface area contributed by atoms with Crippen molar-refractivity contribution in [3.8, 4) is 0 Å². The Balaban J connectivity index is 2.20. The second-order valence-electron chi connectivity index (χ2n) is 6.12. The molecule has 2 heteroatoms. The third-order valence-corrected chi connectivity index (χ3v) is 4.54.